The summed E-state index contributed by atoms with van der Waals surface area (Å²) in [4.78, 5) is 0. The second kappa shape index (κ2) is 4.48. The maximum absolute atomic E-state index is 5.90. The highest BCUT2D eigenvalue weighted by Crippen LogP contribution is 2.15. The fraction of sp³-hybridized carbons (Fsp3) is 0.400. The third kappa shape index (κ3) is 2.84. The van der Waals surface area contributed by atoms with E-state index in [4.69, 9.17) is 17.3 Å². The van der Waals surface area contributed by atoms with E-state index in [1.54, 1.807) is 0 Å². The Balaban J connectivity index is 2.72. The van der Waals surface area contributed by atoms with Gasteiger partial charge < -0.3 is 5.73 Å². The normalized spacial score (nSPS) is 10.2. The van der Waals surface area contributed by atoms with Crippen molar-refractivity contribution in [1.82, 2.24) is 0 Å². The van der Waals surface area contributed by atoms with Crippen molar-refractivity contribution in [2.45, 2.75) is 19.8 Å². The van der Waals surface area contributed by atoms with E-state index in [1.165, 1.54) is 11.1 Å². The molecule has 0 atom stereocenters. The molecule has 0 unspecified atom stereocenters. The van der Waals surface area contributed by atoms with Crippen LogP contribution in [0.3, 0.4) is 0 Å². The molecule has 0 fully saturated rings. The second-order valence-electron chi connectivity index (χ2n) is 3.03. The summed E-state index contributed by atoms with van der Waals surface area (Å²) in [6.07, 6.45) is 2.05. The second-order valence-corrected chi connectivity index (χ2v) is 3.47. The Morgan fingerprint density at radius 2 is 2.08 bits per heavy atom. The number of aryl methyl sites for hydroxylation is 2. The highest BCUT2D eigenvalue weighted by molar-refractivity contribution is 6.30. The van der Waals surface area contributed by atoms with E-state index in [2.05, 4.69) is 13.0 Å². The molecule has 0 amide bonds. The van der Waals surface area contributed by atoms with Gasteiger partial charge in [-0.05, 0) is 49.6 Å². The van der Waals surface area contributed by atoms with Crippen LogP contribution in [0.15, 0.2) is 18.2 Å². The fourth-order valence-corrected chi connectivity index (χ4v) is 1.57. The molecule has 2 N–H and O–H groups in total. The molecule has 0 aliphatic rings. The number of hydrogen-bond donors (Lipinski definition) is 1. The molecule has 0 aromatic heterocycles. The first-order valence-corrected chi connectivity index (χ1v) is 4.56. The highest BCUT2D eigenvalue weighted by Gasteiger charge is 1.95. The van der Waals surface area contributed by atoms with Crippen LogP contribution < -0.4 is 5.73 Å². The van der Waals surface area contributed by atoms with Crippen molar-refractivity contribution in [3.05, 3.63) is 34.3 Å². The van der Waals surface area contributed by atoms with Crippen LogP contribution in [0.5, 0.6) is 0 Å². The zero-order chi connectivity index (χ0) is 8.97. The first-order valence-electron chi connectivity index (χ1n) is 4.18. The van der Waals surface area contributed by atoms with Gasteiger partial charge in [-0.3, -0.25) is 0 Å². The van der Waals surface area contributed by atoms with Crippen LogP contribution in [0.2, 0.25) is 5.02 Å². The Labute approximate surface area is 78.5 Å². The molecule has 0 saturated carbocycles. The molecule has 1 rings (SSSR count). The zero-order valence-corrected chi connectivity index (χ0v) is 8.06. The summed E-state index contributed by atoms with van der Waals surface area (Å²) in [7, 11) is 0. The summed E-state index contributed by atoms with van der Waals surface area (Å²) >= 11 is 5.90. The molecule has 0 bridgehead atoms. The Morgan fingerprint density at radius 3 is 2.67 bits per heavy atom. The van der Waals surface area contributed by atoms with Gasteiger partial charge in [0.1, 0.15) is 0 Å². The smallest absolute Gasteiger partial charge is 0.0411 e. The lowest BCUT2D eigenvalue weighted by Gasteiger charge is -2.02. The molecule has 1 nitrogen and oxygen atoms in total. The number of nitrogens with two attached hydrogens (primary N) is 1. The van der Waals surface area contributed by atoms with Crippen LogP contribution in [0, 0.1) is 6.92 Å². The van der Waals surface area contributed by atoms with Crippen LogP contribution in [-0.2, 0) is 6.42 Å². The van der Waals surface area contributed by atoms with Crippen molar-refractivity contribution in [2.24, 2.45) is 5.73 Å². The van der Waals surface area contributed by atoms with Gasteiger partial charge in [0.05, 0.1) is 0 Å². The minimum absolute atomic E-state index is 0.742. The molecular formula is C10H14ClN. The van der Waals surface area contributed by atoms with Crippen LogP contribution >= 0.6 is 11.6 Å². The van der Waals surface area contributed by atoms with Crippen molar-refractivity contribution in [1.29, 1.82) is 0 Å². The summed E-state index contributed by atoms with van der Waals surface area (Å²) in [5.74, 6) is 0. The third-order valence-electron chi connectivity index (χ3n) is 1.77. The topological polar surface area (TPSA) is 26.0 Å². The van der Waals surface area contributed by atoms with Gasteiger partial charge in [-0.25, -0.2) is 0 Å². The first-order chi connectivity index (χ1) is 5.72. The van der Waals surface area contributed by atoms with Gasteiger partial charge in [-0.1, -0.05) is 17.7 Å². The van der Waals surface area contributed by atoms with Gasteiger partial charge >= 0.3 is 0 Å². The standard InChI is InChI=1S/C10H14ClN/c1-8-5-9(3-2-4-12)7-10(11)6-8/h5-7H,2-4,12H2,1H3. The first kappa shape index (κ1) is 9.56. The monoisotopic (exact) mass is 183 g/mol. The lowest BCUT2D eigenvalue weighted by atomic mass is 10.1. The Bertz CT molecular complexity index is 238. The van der Waals surface area contributed by atoms with E-state index >= 15 is 0 Å². The molecule has 0 radical (unpaired) electrons. The summed E-state index contributed by atoms with van der Waals surface area (Å²) in [5.41, 5.74) is 7.92. The van der Waals surface area contributed by atoms with Crippen LogP contribution in [0.25, 0.3) is 0 Å². The maximum atomic E-state index is 5.90. The molecule has 2 heteroatoms. The molecule has 0 saturated heterocycles. The fourth-order valence-electron chi connectivity index (χ4n) is 1.26. The number of benzene rings is 1. The zero-order valence-electron chi connectivity index (χ0n) is 7.31. The van der Waals surface area contributed by atoms with Crippen LogP contribution in [0.4, 0.5) is 0 Å². The molecule has 0 aliphatic carbocycles. The van der Waals surface area contributed by atoms with Crippen molar-refractivity contribution in [3.63, 3.8) is 0 Å². The average molecular weight is 184 g/mol. The number of rotatable bonds is 3. The lowest BCUT2D eigenvalue weighted by molar-refractivity contribution is 0.832. The van der Waals surface area contributed by atoms with E-state index in [0.717, 1.165) is 24.4 Å². The SMILES string of the molecule is Cc1cc(Cl)cc(CCCN)c1. The van der Waals surface area contributed by atoms with E-state index in [-0.39, 0.29) is 0 Å². The summed E-state index contributed by atoms with van der Waals surface area (Å²) in [5, 5.41) is 0.821. The molecule has 1 aromatic rings. The summed E-state index contributed by atoms with van der Waals surface area (Å²) in [6, 6.07) is 6.12. The lowest BCUT2D eigenvalue weighted by Crippen LogP contribution is -2.00. The minimum Gasteiger partial charge on any atom is -0.330 e. The Kier molecular flexibility index (Phi) is 3.57. The molecule has 0 spiro atoms. The summed E-state index contributed by atoms with van der Waals surface area (Å²) < 4.78 is 0. The quantitative estimate of drug-likeness (QED) is 0.766. The summed E-state index contributed by atoms with van der Waals surface area (Å²) in [6.45, 7) is 2.80. The van der Waals surface area contributed by atoms with Crippen molar-refractivity contribution in [3.8, 4) is 0 Å². The highest BCUT2D eigenvalue weighted by atomic mass is 35.5. The van der Waals surface area contributed by atoms with E-state index < -0.39 is 0 Å². The molecule has 0 heterocycles. The van der Waals surface area contributed by atoms with Gasteiger partial charge in [0.15, 0.2) is 0 Å². The maximum Gasteiger partial charge on any atom is 0.0411 e. The predicted molar refractivity (Wildman–Crippen MR) is 53.6 cm³/mol. The van der Waals surface area contributed by atoms with E-state index in [0.29, 0.717) is 0 Å². The largest absolute Gasteiger partial charge is 0.330 e. The Hall–Kier alpha value is -0.530. The van der Waals surface area contributed by atoms with Crippen molar-refractivity contribution >= 4 is 11.6 Å². The molecule has 0 aliphatic heterocycles. The molecule has 66 valence electrons. The molecule has 1 aromatic carbocycles. The number of halogens is 1. The predicted octanol–water partition coefficient (Wildman–Crippen LogP) is 2.54. The van der Waals surface area contributed by atoms with Gasteiger partial charge in [0.2, 0.25) is 0 Å². The van der Waals surface area contributed by atoms with E-state index in [1.807, 2.05) is 12.1 Å². The average Bonchev–Trinajstić information content (AvgIpc) is 1.99. The third-order valence-corrected chi connectivity index (χ3v) is 1.99. The van der Waals surface area contributed by atoms with Crippen molar-refractivity contribution in [2.75, 3.05) is 6.54 Å². The van der Waals surface area contributed by atoms with Gasteiger partial charge in [-0.15, -0.1) is 0 Å². The van der Waals surface area contributed by atoms with Crippen LogP contribution in [-0.4, -0.2) is 6.54 Å². The Morgan fingerprint density at radius 1 is 1.33 bits per heavy atom. The van der Waals surface area contributed by atoms with Gasteiger partial charge in [0, 0.05) is 5.02 Å². The van der Waals surface area contributed by atoms with Gasteiger partial charge in [-0.2, -0.15) is 0 Å². The number of hydrogen-bond acceptors (Lipinski definition) is 1. The van der Waals surface area contributed by atoms with Crippen LogP contribution in [0.1, 0.15) is 17.5 Å². The molecule has 12 heavy (non-hydrogen) atoms. The van der Waals surface area contributed by atoms with E-state index in [9.17, 15) is 0 Å². The van der Waals surface area contributed by atoms with Crippen molar-refractivity contribution < 1.29 is 0 Å². The molecular weight excluding hydrogens is 170 g/mol. The van der Waals surface area contributed by atoms with Gasteiger partial charge in [0.25, 0.3) is 0 Å². The minimum atomic E-state index is 0.742.